The lowest BCUT2D eigenvalue weighted by atomic mass is 10.1. The van der Waals surface area contributed by atoms with E-state index in [9.17, 15) is 4.79 Å². The van der Waals surface area contributed by atoms with Crippen LogP contribution in [0.1, 0.15) is 22.3 Å². The van der Waals surface area contributed by atoms with Crippen molar-refractivity contribution >= 4 is 5.78 Å². The first-order chi connectivity index (χ1) is 7.24. The number of aryl methyl sites for hydroxylation is 1. The summed E-state index contributed by atoms with van der Waals surface area (Å²) in [7, 11) is 0. The summed E-state index contributed by atoms with van der Waals surface area (Å²) in [5, 5.41) is 11.5. The van der Waals surface area contributed by atoms with Gasteiger partial charge in [-0.1, -0.05) is 23.8 Å². The molecule has 0 amide bonds. The van der Waals surface area contributed by atoms with E-state index >= 15 is 0 Å². The Hall–Kier alpha value is -1.19. The quantitative estimate of drug-likeness (QED) is 0.543. The topological polar surface area (TPSA) is 49.3 Å². The maximum absolute atomic E-state index is 11.7. The molecule has 1 aromatic rings. The summed E-state index contributed by atoms with van der Waals surface area (Å²) >= 11 is 0. The van der Waals surface area contributed by atoms with Crippen molar-refractivity contribution in [1.82, 2.24) is 5.32 Å². The third-order valence-electron chi connectivity index (χ3n) is 2.16. The van der Waals surface area contributed by atoms with Gasteiger partial charge in [-0.3, -0.25) is 4.79 Å². The van der Waals surface area contributed by atoms with Gasteiger partial charge in [0.15, 0.2) is 5.78 Å². The lowest BCUT2D eigenvalue weighted by Gasteiger charge is -2.03. The van der Waals surface area contributed by atoms with E-state index in [2.05, 4.69) is 5.32 Å². The number of nitrogens with one attached hydrogen (secondary N) is 1. The molecule has 1 rings (SSSR count). The van der Waals surface area contributed by atoms with Gasteiger partial charge in [-0.25, -0.2) is 0 Å². The lowest BCUT2D eigenvalue weighted by Crippen LogP contribution is -2.21. The molecule has 0 aliphatic rings. The van der Waals surface area contributed by atoms with Crippen LogP contribution < -0.4 is 5.32 Å². The standard InChI is InChI=1S/C12H17NO2/c1-10-3-2-4-11(9-10)12(15)5-6-13-7-8-14/h2-4,9,13-14H,5-8H2,1H3. The second kappa shape index (κ2) is 6.32. The number of benzene rings is 1. The molecule has 0 aliphatic carbocycles. The Bertz CT molecular complexity index is 323. The van der Waals surface area contributed by atoms with Crippen molar-refractivity contribution in [3.05, 3.63) is 35.4 Å². The zero-order valence-corrected chi connectivity index (χ0v) is 8.99. The first-order valence-electron chi connectivity index (χ1n) is 5.15. The second-order valence-corrected chi connectivity index (χ2v) is 3.52. The Labute approximate surface area is 90.1 Å². The molecule has 0 fully saturated rings. The predicted octanol–water partition coefficient (Wildman–Crippen LogP) is 1.15. The highest BCUT2D eigenvalue weighted by molar-refractivity contribution is 5.96. The van der Waals surface area contributed by atoms with Crippen LogP contribution in [0.5, 0.6) is 0 Å². The average molecular weight is 207 g/mol. The third-order valence-corrected chi connectivity index (χ3v) is 2.16. The molecule has 0 heterocycles. The number of carbonyl (C=O) groups excluding carboxylic acids is 1. The second-order valence-electron chi connectivity index (χ2n) is 3.52. The molecule has 2 N–H and O–H groups in total. The van der Waals surface area contributed by atoms with Crippen molar-refractivity contribution in [2.24, 2.45) is 0 Å². The molecule has 0 aliphatic heterocycles. The predicted molar refractivity (Wildman–Crippen MR) is 60.1 cm³/mol. The molecular weight excluding hydrogens is 190 g/mol. The van der Waals surface area contributed by atoms with Crippen LogP contribution in [0, 0.1) is 6.92 Å². The van der Waals surface area contributed by atoms with Gasteiger partial charge in [0.1, 0.15) is 0 Å². The van der Waals surface area contributed by atoms with Crippen molar-refractivity contribution in [2.75, 3.05) is 19.7 Å². The number of hydrogen-bond acceptors (Lipinski definition) is 3. The number of carbonyl (C=O) groups is 1. The van der Waals surface area contributed by atoms with Crippen molar-refractivity contribution in [3.8, 4) is 0 Å². The van der Waals surface area contributed by atoms with E-state index < -0.39 is 0 Å². The Kier molecular flexibility index (Phi) is 5.01. The van der Waals surface area contributed by atoms with Gasteiger partial charge < -0.3 is 10.4 Å². The molecule has 0 atom stereocenters. The van der Waals surface area contributed by atoms with Crippen molar-refractivity contribution in [2.45, 2.75) is 13.3 Å². The highest BCUT2D eigenvalue weighted by atomic mass is 16.3. The third kappa shape index (κ3) is 4.23. The number of Topliss-reactive ketones (excluding diaryl/α,β-unsaturated/α-hetero) is 1. The maximum Gasteiger partial charge on any atom is 0.164 e. The average Bonchev–Trinajstić information content (AvgIpc) is 2.24. The van der Waals surface area contributed by atoms with Crippen LogP contribution in [0.2, 0.25) is 0 Å². The number of hydrogen-bond donors (Lipinski definition) is 2. The van der Waals surface area contributed by atoms with E-state index in [1.807, 2.05) is 31.2 Å². The van der Waals surface area contributed by atoms with Crippen LogP contribution >= 0.6 is 0 Å². The maximum atomic E-state index is 11.7. The van der Waals surface area contributed by atoms with E-state index in [0.29, 0.717) is 19.5 Å². The molecule has 0 unspecified atom stereocenters. The number of aliphatic hydroxyl groups is 1. The fourth-order valence-corrected chi connectivity index (χ4v) is 1.37. The zero-order chi connectivity index (χ0) is 11.1. The largest absolute Gasteiger partial charge is 0.395 e. The molecule has 3 heteroatoms. The Morgan fingerprint density at radius 1 is 1.40 bits per heavy atom. The van der Waals surface area contributed by atoms with Crippen molar-refractivity contribution in [1.29, 1.82) is 0 Å². The minimum absolute atomic E-state index is 0.110. The molecule has 0 saturated carbocycles. The van der Waals surface area contributed by atoms with Crippen LogP contribution in [0.4, 0.5) is 0 Å². The van der Waals surface area contributed by atoms with Crippen molar-refractivity contribution < 1.29 is 9.90 Å². The minimum Gasteiger partial charge on any atom is -0.395 e. The van der Waals surface area contributed by atoms with Crippen LogP contribution in [-0.4, -0.2) is 30.6 Å². The van der Waals surface area contributed by atoms with Gasteiger partial charge in [0.25, 0.3) is 0 Å². The molecule has 3 nitrogen and oxygen atoms in total. The molecule has 0 saturated heterocycles. The van der Waals surface area contributed by atoms with Gasteiger partial charge in [0.2, 0.25) is 0 Å². The van der Waals surface area contributed by atoms with Gasteiger partial charge in [0, 0.05) is 25.1 Å². The first kappa shape index (κ1) is 11.9. The summed E-state index contributed by atoms with van der Waals surface area (Å²) in [5.74, 6) is 0.143. The number of aliphatic hydroxyl groups excluding tert-OH is 1. The summed E-state index contributed by atoms with van der Waals surface area (Å²) < 4.78 is 0. The summed E-state index contributed by atoms with van der Waals surface area (Å²) in [5.41, 5.74) is 1.87. The summed E-state index contributed by atoms with van der Waals surface area (Å²) in [6.45, 7) is 3.24. The monoisotopic (exact) mass is 207 g/mol. The van der Waals surface area contributed by atoms with Gasteiger partial charge in [-0.05, 0) is 13.0 Å². The smallest absolute Gasteiger partial charge is 0.164 e. The minimum atomic E-state index is 0.110. The zero-order valence-electron chi connectivity index (χ0n) is 8.99. The molecule has 0 bridgehead atoms. The molecule has 15 heavy (non-hydrogen) atoms. The molecule has 82 valence electrons. The lowest BCUT2D eigenvalue weighted by molar-refractivity contribution is 0.0982. The van der Waals surface area contributed by atoms with Crippen molar-refractivity contribution in [3.63, 3.8) is 0 Å². The number of rotatable bonds is 6. The Morgan fingerprint density at radius 2 is 2.20 bits per heavy atom. The summed E-state index contributed by atoms with van der Waals surface area (Å²) in [6, 6.07) is 7.60. The van der Waals surface area contributed by atoms with Gasteiger partial charge in [-0.2, -0.15) is 0 Å². The molecule has 0 radical (unpaired) electrons. The van der Waals surface area contributed by atoms with Crippen LogP contribution in [0.25, 0.3) is 0 Å². The van der Waals surface area contributed by atoms with E-state index in [-0.39, 0.29) is 12.4 Å². The highest BCUT2D eigenvalue weighted by Crippen LogP contribution is 2.06. The highest BCUT2D eigenvalue weighted by Gasteiger charge is 2.04. The van der Waals surface area contributed by atoms with E-state index in [1.165, 1.54) is 0 Å². The van der Waals surface area contributed by atoms with Crippen LogP contribution in [0.3, 0.4) is 0 Å². The fourth-order valence-electron chi connectivity index (χ4n) is 1.37. The van der Waals surface area contributed by atoms with Crippen LogP contribution in [0.15, 0.2) is 24.3 Å². The summed E-state index contributed by atoms with van der Waals surface area (Å²) in [6.07, 6.45) is 0.476. The Balaban J connectivity index is 2.40. The molecule has 0 spiro atoms. The van der Waals surface area contributed by atoms with Gasteiger partial charge >= 0.3 is 0 Å². The number of ketones is 1. The normalized spacial score (nSPS) is 10.3. The van der Waals surface area contributed by atoms with Gasteiger partial charge in [-0.15, -0.1) is 0 Å². The Morgan fingerprint density at radius 3 is 2.87 bits per heavy atom. The molecular formula is C12H17NO2. The van der Waals surface area contributed by atoms with E-state index in [4.69, 9.17) is 5.11 Å². The van der Waals surface area contributed by atoms with Gasteiger partial charge in [0.05, 0.1) is 6.61 Å². The fraction of sp³-hybridized carbons (Fsp3) is 0.417. The summed E-state index contributed by atoms with van der Waals surface area (Å²) in [4.78, 5) is 11.7. The molecule has 0 aromatic heterocycles. The first-order valence-corrected chi connectivity index (χ1v) is 5.15. The van der Waals surface area contributed by atoms with Crippen LogP contribution in [-0.2, 0) is 0 Å². The van der Waals surface area contributed by atoms with E-state index in [1.54, 1.807) is 0 Å². The SMILES string of the molecule is Cc1cccc(C(=O)CCNCCO)c1. The molecule has 1 aromatic carbocycles. The van der Waals surface area contributed by atoms with E-state index in [0.717, 1.165) is 11.1 Å².